The fraction of sp³-hybridized carbons (Fsp3) is 0.417. The number of carboxylic acid groups (broad SMARTS) is 1. The fourth-order valence-electron chi connectivity index (χ4n) is 1.83. The molecule has 1 aromatic rings. The number of halogens is 1. The monoisotopic (exact) mass is 335 g/mol. The minimum atomic E-state index is -3.64. The van der Waals surface area contributed by atoms with E-state index < -0.39 is 22.6 Å². The molecule has 1 heterocycles. The van der Waals surface area contributed by atoms with Crippen molar-refractivity contribution in [3.05, 3.63) is 23.2 Å². The van der Waals surface area contributed by atoms with Gasteiger partial charge in [0.2, 0.25) is 10.0 Å². The van der Waals surface area contributed by atoms with Crippen LogP contribution in [0.5, 0.6) is 5.75 Å². The Morgan fingerprint density at radius 3 is 2.62 bits per heavy atom. The quantitative estimate of drug-likeness (QED) is 0.856. The number of carbonyl (C=O) groups is 1. The first-order valence-corrected chi connectivity index (χ1v) is 7.95. The number of carboxylic acids is 1. The summed E-state index contributed by atoms with van der Waals surface area (Å²) in [4.78, 5) is 10.5. The van der Waals surface area contributed by atoms with Gasteiger partial charge in [0.1, 0.15) is 5.75 Å². The molecule has 1 saturated heterocycles. The van der Waals surface area contributed by atoms with E-state index in [0.29, 0.717) is 13.2 Å². The number of hydrogen-bond donors (Lipinski definition) is 1. The number of rotatable bonds is 5. The molecule has 116 valence electrons. The molecule has 0 saturated carbocycles. The van der Waals surface area contributed by atoms with Gasteiger partial charge in [0.05, 0.1) is 23.1 Å². The lowest BCUT2D eigenvalue weighted by atomic mass is 10.3. The number of hydrogen-bond acceptors (Lipinski definition) is 5. The normalized spacial score (nSPS) is 16.6. The predicted octanol–water partition coefficient (Wildman–Crippen LogP) is 0.824. The van der Waals surface area contributed by atoms with Crippen LogP contribution in [0.4, 0.5) is 0 Å². The SMILES string of the molecule is O=C(O)COc1ccc(S(=O)(=O)N2CCOCC2)cc1Cl. The van der Waals surface area contributed by atoms with Crippen LogP contribution >= 0.6 is 11.6 Å². The van der Waals surface area contributed by atoms with Crippen molar-refractivity contribution in [3.8, 4) is 5.75 Å². The smallest absolute Gasteiger partial charge is 0.341 e. The summed E-state index contributed by atoms with van der Waals surface area (Å²) in [7, 11) is -3.64. The zero-order chi connectivity index (χ0) is 15.5. The van der Waals surface area contributed by atoms with E-state index in [2.05, 4.69) is 0 Å². The van der Waals surface area contributed by atoms with Gasteiger partial charge in [-0.05, 0) is 18.2 Å². The predicted molar refractivity (Wildman–Crippen MR) is 74.2 cm³/mol. The summed E-state index contributed by atoms with van der Waals surface area (Å²) in [6.07, 6.45) is 0. The molecule has 1 N–H and O–H groups in total. The highest BCUT2D eigenvalue weighted by atomic mass is 35.5. The van der Waals surface area contributed by atoms with Gasteiger partial charge in [-0.3, -0.25) is 0 Å². The summed E-state index contributed by atoms with van der Waals surface area (Å²) in [6, 6.07) is 3.94. The Labute approximate surface area is 127 Å². The molecule has 0 aromatic heterocycles. The molecule has 1 fully saturated rings. The molecule has 0 spiro atoms. The molecule has 2 rings (SSSR count). The van der Waals surface area contributed by atoms with E-state index in [1.165, 1.54) is 22.5 Å². The molecule has 1 aromatic carbocycles. The minimum Gasteiger partial charge on any atom is -0.480 e. The fourth-order valence-corrected chi connectivity index (χ4v) is 3.57. The van der Waals surface area contributed by atoms with Gasteiger partial charge in [-0.1, -0.05) is 11.6 Å². The van der Waals surface area contributed by atoms with E-state index in [9.17, 15) is 13.2 Å². The van der Waals surface area contributed by atoms with Gasteiger partial charge in [-0.15, -0.1) is 0 Å². The Morgan fingerprint density at radius 2 is 2.05 bits per heavy atom. The van der Waals surface area contributed by atoms with Crippen molar-refractivity contribution < 1.29 is 27.8 Å². The third kappa shape index (κ3) is 3.85. The standard InChI is InChI=1S/C12H14ClNO6S/c13-10-7-9(1-2-11(10)20-8-12(15)16)21(17,18)14-3-5-19-6-4-14/h1-2,7H,3-6,8H2,(H,15,16). The lowest BCUT2D eigenvalue weighted by Gasteiger charge is -2.26. The van der Waals surface area contributed by atoms with Crippen molar-refractivity contribution >= 4 is 27.6 Å². The Morgan fingerprint density at radius 1 is 1.38 bits per heavy atom. The molecule has 21 heavy (non-hydrogen) atoms. The molecule has 0 atom stereocenters. The van der Waals surface area contributed by atoms with Crippen LogP contribution in [0.3, 0.4) is 0 Å². The highest BCUT2D eigenvalue weighted by Gasteiger charge is 2.26. The van der Waals surface area contributed by atoms with Crippen molar-refractivity contribution in [3.63, 3.8) is 0 Å². The summed E-state index contributed by atoms with van der Waals surface area (Å²) in [6.45, 7) is 0.739. The number of aliphatic carboxylic acids is 1. The minimum absolute atomic E-state index is 0.0390. The summed E-state index contributed by atoms with van der Waals surface area (Å²) < 4.78 is 36.2. The van der Waals surface area contributed by atoms with E-state index >= 15 is 0 Å². The maximum Gasteiger partial charge on any atom is 0.341 e. The summed E-state index contributed by atoms with van der Waals surface area (Å²) in [5, 5.41) is 8.58. The number of ether oxygens (including phenoxy) is 2. The molecule has 0 aliphatic carbocycles. The molecule has 7 nitrogen and oxygen atoms in total. The number of morpholine rings is 1. The van der Waals surface area contributed by atoms with Crippen LogP contribution in [0.25, 0.3) is 0 Å². The second kappa shape index (κ2) is 6.61. The van der Waals surface area contributed by atoms with Crippen LogP contribution in [0.15, 0.2) is 23.1 Å². The topological polar surface area (TPSA) is 93.1 Å². The van der Waals surface area contributed by atoms with E-state index in [1.54, 1.807) is 0 Å². The summed E-state index contributed by atoms with van der Waals surface area (Å²) in [5.74, 6) is -1.02. The van der Waals surface area contributed by atoms with Crippen LogP contribution in [-0.4, -0.2) is 56.7 Å². The van der Waals surface area contributed by atoms with Crippen molar-refractivity contribution in [2.45, 2.75) is 4.90 Å². The van der Waals surface area contributed by atoms with Crippen molar-refractivity contribution in [1.29, 1.82) is 0 Å². The zero-order valence-electron chi connectivity index (χ0n) is 11.0. The molecule has 0 bridgehead atoms. The van der Waals surface area contributed by atoms with Crippen LogP contribution in [-0.2, 0) is 19.6 Å². The van der Waals surface area contributed by atoms with Gasteiger partial charge >= 0.3 is 5.97 Å². The summed E-state index contributed by atoms with van der Waals surface area (Å²) >= 11 is 5.93. The van der Waals surface area contributed by atoms with Crippen LogP contribution < -0.4 is 4.74 Å². The van der Waals surface area contributed by atoms with E-state index in [-0.39, 0.29) is 28.8 Å². The Bertz CT molecular complexity index is 627. The molecule has 0 radical (unpaired) electrons. The first-order chi connectivity index (χ1) is 9.91. The maximum absolute atomic E-state index is 12.4. The molecular weight excluding hydrogens is 322 g/mol. The molecule has 9 heteroatoms. The Hall–Kier alpha value is -1.35. The molecule has 0 unspecified atom stereocenters. The highest BCUT2D eigenvalue weighted by molar-refractivity contribution is 7.89. The Balaban J connectivity index is 2.20. The second-order valence-electron chi connectivity index (χ2n) is 4.29. The zero-order valence-corrected chi connectivity index (χ0v) is 12.6. The first-order valence-electron chi connectivity index (χ1n) is 6.13. The molecule has 1 aliphatic rings. The van der Waals surface area contributed by atoms with Gasteiger partial charge in [-0.2, -0.15) is 4.31 Å². The van der Waals surface area contributed by atoms with Crippen molar-refractivity contribution in [2.75, 3.05) is 32.9 Å². The van der Waals surface area contributed by atoms with E-state index in [4.69, 9.17) is 26.2 Å². The Kier molecular flexibility index (Phi) is 5.04. The van der Waals surface area contributed by atoms with Crippen LogP contribution in [0, 0.1) is 0 Å². The van der Waals surface area contributed by atoms with E-state index in [1.807, 2.05) is 0 Å². The number of sulfonamides is 1. The van der Waals surface area contributed by atoms with Gasteiger partial charge in [0.15, 0.2) is 6.61 Å². The average Bonchev–Trinajstić information content (AvgIpc) is 2.46. The maximum atomic E-state index is 12.4. The number of nitrogens with zero attached hydrogens (tertiary/aromatic N) is 1. The lowest BCUT2D eigenvalue weighted by Crippen LogP contribution is -2.40. The molecular formula is C12H14ClNO6S. The van der Waals surface area contributed by atoms with Gasteiger partial charge in [0.25, 0.3) is 0 Å². The van der Waals surface area contributed by atoms with Gasteiger partial charge in [0, 0.05) is 13.1 Å². The second-order valence-corrected chi connectivity index (χ2v) is 6.64. The highest BCUT2D eigenvalue weighted by Crippen LogP contribution is 2.29. The molecule has 0 amide bonds. The average molecular weight is 336 g/mol. The third-order valence-corrected chi connectivity index (χ3v) is 5.05. The first kappa shape index (κ1) is 16.0. The van der Waals surface area contributed by atoms with Crippen molar-refractivity contribution in [2.24, 2.45) is 0 Å². The van der Waals surface area contributed by atoms with Crippen molar-refractivity contribution in [1.82, 2.24) is 4.31 Å². The summed E-state index contributed by atoms with van der Waals surface area (Å²) in [5.41, 5.74) is 0. The number of benzene rings is 1. The van der Waals surface area contributed by atoms with Crippen LogP contribution in [0.2, 0.25) is 5.02 Å². The van der Waals surface area contributed by atoms with Gasteiger partial charge in [-0.25, -0.2) is 13.2 Å². The van der Waals surface area contributed by atoms with Gasteiger partial charge < -0.3 is 14.6 Å². The third-order valence-electron chi connectivity index (χ3n) is 2.86. The molecule has 1 aliphatic heterocycles. The largest absolute Gasteiger partial charge is 0.480 e. The lowest BCUT2D eigenvalue weighted by molar-refractivity contribution is -0.139. The van der Waals surface area contributed by atoms with E-state index in [0.717, 1.165) is 0 Å². The van der Waals surface area contributed by atoms with Crippen LogP contribution in [0.1, 0.15) is 0 Å².